The molecule has 1 aromatic heterocycles. The van der Waals surface area contributed by atoms with Crippen LogP contribution in [-0.4, -0.2) is 23.8 Å². The largest absolute Gasteiger partial charge is 0.348 e. The summed E-state index contributed by atoms with van der Waals surface area (Å²) in [5.74, 6) is -2.73. The van der Waals surface area contributed by atoms with Crippen molar-refractivity contribution >= 4 is 10.0 Å². The van der Waals surface area contributed by atoms with E-state index in [-0.39, 0.29) is 11.4 Å². The van der Waals surface area contributed by atoms with Crippen molar-refractivity contribution in [1.29, 1.82) is 0 Å². The minimum absolute atomic E-state index is 0.115. The summed E-state index contributed by atoms with van der Waals surface area (Å²) in [7, 11) is -4.06. The lowest BCUT2D eigenvalue weighted by Crippen LogP contribution is -2.42. The zero-order valence-electron chi connectivity index (χ0n) is 14.0. The van der Waals surface area contributed by atoms with Gasteiger partial charge in [-0.15, -0.1) is 0 Å². The van der Waals surface area contributed by atoms with Crippen LogP contribution in [0.25, 0.3) is 0 Å². The molecule has 1 aliphatic rings. The summed E-state index contributed by atoms with van der Waals surface area (Å²) in [6.45, 7) is 0.515. The minimum atomic E-state index is -4.06. The molecule has 3 aromatic rings. The molecule has 0 aliphatic carbocycles. The van der Waals surface area contributed by atoms with Crippen molar-refractivity contribution in [2.75, 3.05) is 6.54 Å². The molecular weight excluding hydrogens is 377 g/mol. The number of hydrogen-bond acceptors (Lipinski definition) is 2. The van der Waals surface area contributed by atoms with E-state index < -0.39 is 33.5 Å². The van der Waals surface area contributed by atoms with Gasteiger partial charge in [0, 0.05) is 25.0 Å². The molecule has 0 radical (unpaired) electrons. The van der Waals surface area contributed by atoms with Crippen LogP contribution in [0.3, 0.4) is 0 Å². The van der Waals surface area contributed by atoms with Crippen LogP contribution in [0.1, 0.15) is 17.3 Å². The molecule has 140 valence electrons. The van der Waals surface area contributed by atoms with Gasteiger partial charge in [0.05, 0.1) is 10.9 Å². The third-order valence-corrected chi connectivity index (χ3v) is 6.52. The monoisotopic (exact) mass is 392 g/mol. The first-order valence-corrected chi connectivity index (χ1v) is 9.69. The molecular formula is C19H15F3N2O2S. The highest BCUT2D eigenvalue weighted by molar-refractivity contribution is 7.89. The van der Waals surface area contributed by atoms with E-state index in [1.807, 2.05) is 4.57 Å². The molecule has 1 unspecified atom stereocenters. The molecule has 0 saturated heterocycles. The number of halogens is 3. The molecule has 2 heterocycles. The minimum Gasteiger partial charge on any atom is -0.348 e. The topological polar surface area (TPSA) is 42.3 Å². The number of aromatic nitrogens is 1. The smallest absolute Gasteiger partial charge is 0.244 e. The van der Waals surface area contributed by atoms with Gasteiger partial charge in [-0.1, -0.05) is 12.1 Å². The fraction of sp³-hybridized carbons (Fsp3) is 0.158. The van der Waals surface area contributed by atoms with E-state index in [0.717, 1.165) is 24.3 Å². The van der Waals surface area contributed by atoms with Gasteiger partial charge in [0.1, 0.15) is 5.82 Å². The highest BCUT2D eigenvalue weighted by atomic mass is 32.2. The number of sulfonamides is 1. The lowest BCUT2D eigenvalue weighted by molar-refractivity contribution is 0.297. The Kier molecular flexibility index (Phi) is 4.32. The predicted octanol–water partition coefficient (Wildman–Crippen LogP) is 3.70. The molecule has 1 aliphatic heterocycles. The SMILES string of the molecule is O=S(=O)(c1cccc(F)c1)N1CCn2cccc2C1c1ccc(F)c(F)c1. The van der Waals surface area contributed by atoms with Gasteiger partial charge >= 0.3 is 0 Å². The first-order valence-electron chi connectivity index (χ1n) is 8.25. The number of hydrogen-bond donors (Lipinski definition) is 0. The third kappa shape index (κ3) is 3.04. The Balaban J connectivity index is 1.87. The fourth-order valence-electron chi connectivity index (χ4n) is 3.40. The standard InChI is InChI=1S/C19H15F3N2O2S/c20-14-3-1-4-15(12-14)27(25,26)24-10-9-23-8-2-5-18(23)19(24)13-6-7-16(21)17(22)11-13/h1-8,11-12,19H,9-10H2. The second kappa shape index (κ2) is 6.54. The molecule has 0 bridgehead atoms. The van der Waals surface area contributed by atoms with Crippen LogP contribution in [0, 0.1) is 17.5 Å². The van der Waals surface area contributed by atoms with E-state index in [2.05, 4.69) is 0 Å². The highest BCUT2D eigenvalue weighted by Crippen LogP contribution is 2.37. The fourth-order valence-corrected chi connectivity index (χ4v) is 5.02. The van der Waals surface area contributed by atoms with Gasteiger partial charge in [0.2, 0.25) is 10.0 Å². The number of nitrogens with zero attached hydrogens (tertiary/aromatic N) is 2. The van der Waals surface area contributed by atoms with Crippen LogP contribution in [-0.2, 0) is 16.6 Å². The number of fused-ring (bicyclic) bond motifs is 1. The maximum atomic E-state index is 13.8. The van der Waals surface area contributed by atoms with Gasteiger partial charge in [0.15, 0.2) is 11.6 Å². The molecule has 4 nitrogen and oxygen atoms in total. The molecule has 0 spiro atoms. The average molecular weight is 392 g/mol. The Morgan fingerprint density at radius 3 is 2.44 bits per heavy atom. The lowest BCUT2D eigenvalue weighted by atomic mass is 10.0. The molecule has 8 heteroatoms. The number of benzene rings is 2. The van der Waals surface area contributed by atoms with Crippen LogP contribution in [0.4, 0.5) is 13.2 Å². The van der Waals surface area contributed by atoms with Crippen LogP contribution < -0.4 is 0 Å². The molecule has 0 N–H and O–H groups in total. The Labute approximate surface area is 154 Å². The van der Waals surface area contributed by atoms with E-state index in [9.17, 15) is 21.6 Å². The Bertz CT molecular complexity index is 1110. The number of rotatable bonds is 3. The van der Waals surface area contributed by atoms with Crippen molar-refractivity contribution in [2.45, 2.75) is 17.5 Å². The van der Waals surface area contributed by atoms with E-state index >= 15 is 0 Å². The quantitative estimate of drug-likeness (QED) is 0.682. The van der Waals surface area contributed by atoms with Crippen LogP contribution in [0.15, 0.2) is 65.7 Å². The van der Waals surface area contributed by atoms with Crippen molar-refractivity contribution in [3.05, 3.63) is 89.5 Å². The first kappa shape index (κ1) is 17.8. The van der Waals surface area contributed by atoms with Gasteiger partial charge in [-0.25, -0.2) is 21.6 Å². The zero-order valence-corrected chi connectivity index (χ0v) is 14.8. The van der Waals surface area contributed by atoms with Crippen molar-refractivity contribution in [2.24, 2.45) is 0 Å². The zero-order chi connectivity index (χ0) is 19.2. The summed E-state index contributed by atoms with van der Waals surface area (Å²) in [4.78, 5) is -0.185. The second-order valence-corrected chi connectivity index (χ2v) is 8.17. The van der Waals surface area contributed by atoms with Crippen molar-refractivity contribution in [3.8, 4) is 0 Å². The molecule has 27 heavy (non-hydrogen) atoms. The summed E-state index contributed by atoms with van der Waals surface area (Å²) in [5, 5.41) is 0. The maximum Gasteiger partial charge on any atom is 0.244 e. The average Bonchev–Trinajstić information content (AvgIpc) is 3.12. The Hall–Kier alpha value is -2.58. The third-order valence-electron chi connectivity index (χ3n) is 4.66. The van der Waals surface area contributed by atoms with E-state index in [1.165, 1.54) is 22.5 Å². The summed E-state index contributed by atoms with van der Waals surface area (Å²) in [5.41, 5.74) is 0.931. The molecule has 2 aromatic carbocycles. The summed E-state index contributed by atoms with van der Waals surface area (Å²) >= 11 is 0. The van der Waals surface area contributed by atoms with Crippen molar-refractivity contribution < 1.29 is 21.6 Å². The lowest BCUT2D eigenvalue weighted by Gasteiger charge is -2.36. The second-order valence-electron chi connectivity index (χ2n) is 6.28. The van der Waals surface area contributed by atoms with Crippen molar-refractivity contribution in [3.63, 3.8) is 0 Å². The predicted molar refractivity (Wildman–Crippen MR) is 92.9 cm³/mol. The summed E-state index contributed by atoms with van der Waals surface area (Å²) in [6.07, 6.45) is 1.80. The Morgan fingerprint density at radius 1 is 0.889 bits per heavy atom. The molecule has 1 atom stereocenters. The van der Waals surface area contributed by atoms with Gasteiger partial charge in [0.25, 0.3) is 0 Å². The summed E-state index contributed by atoms with van der Waals surface area (Å²) < 4.78 is 70.3. The van der Waals surface area contributed by atoms with Gasteiger partial charge in [-0.3, -0.25) is 0 Å². The molecule has 0 fully saturated rings. The Morgan fingerprint density at radius 2 is 1.70 bits per heavy atom. The maximum absolute atomic E-state index is 13.8. The van der Waals surface area contributed by atoms with E-state index in [1.54, 1.807) is 18.3 Å². The van der Waals surface area contributed by atoms with Crippen LogP contribution in [0.2, 0.25) is 0 Å². The van der Waals surface area contributed by atoms with Crippen molar-refractivity contribution in [1.82, 2.24) is 8.87 Å². The first-order chi connectivity index (χ1) is 12.9. The summed E-state index contributed by atoms with van der Waals surface area (Å²) in [6, 6.07) is 10.7. The molecule has 0 saturated carbocycles. The normalized spacial score (nSPS) is 17.7. The van der Waals surface area contributed by atoms with Crippen LogP contribution >= 0.6 is 0 Å². The highest BCUT2D eigenvalue weighted by Gasteiger charge is 2.38. The van der Waals surface area contributed by atoms with Gasteiger partial charge < -0.3 is 4.57 Å². The van der Waals surface area contributed by atoms with E-state index in [0.29, 0.717) is 17.8 Å². The molecule has 4 rings (SSSR count). The van der Waals surface area contributed by atoms with Gasteiger partial charge in [-0.2, -0.15) is 4.31 Å². The van der Waals surface area contributed by atoms with E-state index in [4.69, 9.17) is 0 Å². The molecule has 0 amide bonds. The van der Waals surface area contributed by atoms with Gasteiger partial charge in [-0.05, 0) is 48.0 Å². The van der Waals surface area contributed by atoms with Crippen LogP contribution in [0.5, 0.6) is 0 Å².